The van der Waals surface area contributed by atoms with Crippen LogP contribution in [0.2, 0.25) is 0 Å². The number of hydrogen-bond acceptors (Lipinski definition) is 0. The smallest absolute Gasteiger partial charge is 0.0320 e. The third kappa shape index (κ3) is 7.59. The Bertz CT molecular complexity index is 140. The van der Waals surface area contributed by atoms with Crippen molar-refractivity contribution in [3.05, 3.63) is 23.8 Å². The largest absolute Gasteiger partial charge is 0.0848 e. The van der Waals surface area contributed by atoms with Crippen LogP contribution in [0.5, 0.6) is 0 Å². The van der Waals surface area contributed by atoms with Crippen molar-refractivity contribution in [2.24, 2.45) is 0 Å². The Hall–Kier alpha value is -0.520. The molecule has 0 aromatic rings. The van der Waals surface area contributed by atoms with E-state index in [0.29, 0.717) is 0 Å². The fourth-order valence-corrected chi connectivity index (χ4v) is 1.11. The molecule has 0 saturated carbocycles. The first kappa shape index (κ1) is 11.5. The summed E-state index contributed by atoms with van der Waals surface area (Å²) in [6.07, 6.45) is 13.0. The standard InChI is InChI=1S/C12H22/c1-4-6-8-10-12(3)11-9-7-5-2/h6,8,10H,4-5,7,9,11H2,1-3H3/b8-6+,12-10-. The van der Waals surface area contributed by atoms with E-state index in [1.807, 2.05) is 0 Å². The molecule has 0 heteroatoms. The molecule has 0 aliphatic heterocycles. The second-order valence-electron chi connectivity index (χ2n) is 3.31. The van der Waals surface area contributed by atoms with Gasteiger partial charge in [0.2, 0.25) is 0 Å². The fraction of sp³-hybridized carbons (Fsp3) is 0.667. The van der Waals surface area contributed by atoms with Gasteiger partial charge in [-0.1, -0.05) is 50.5 Å². The summed E-state index contributed by atoms with van der Waals surface area (Å²) in [7, 11) is 0. The van der Waals surface area contributed by atoms with Crippen molar-refractivity contribution in [1.82, 2.24) is 0 Å². The summed E-state index contributed by atoms with van der Waals surface area (Å²) in [5.74, 6) is 0. The van der Waals surface area contributed by atoms with Crippen LogP contribution in [0, 0.1) is 0 Å². The van der Waals surface area contributed by atoms with Gasteiger partial charge in [0.15, 0.2) is 0 Å². The first-order valence-electron chi connectivity index (χ1n) is 5.13. The Kier molecular flexibility index (Phi) is 8.20. The van der Waals surface area contributed by atoms with E-state index in [1.54, 1.807) is 0 Å². The van der Waals surface area contributed by atoms with Gasteiger partial charge in [0, 0.05) is 0 Å². The van der Waals surface area contributed by atoms with E-state index in [2.05, 4.69) is 39.0 Å². The predicted octanol–water partition coefficient (Wildman–Crippen LogP) is 4.48. The summed E-state index contributed by atoms with van der Waals surface area (Å²) < 4.78 is 0. The van der Waals surface area contributed by atoms with Crippen molar-refractivity contribution in [3.63, 3.8) is 0 Å². The molecule has 0 aliphatic rings. The molecule has 0 rings (SSSR count). The van der Waals surface area contributed by atoms with Crippen molar-refractivity contribution in [3.8, 4) is 0 Å². The third-order valence-electron chi connectivity index (χ3n) is 1.93. The summed E-state index contributed by atoms with van der Waals surface area (Å²) in [6.45, 7) is 6.63. The number of hydrogen-bond donors (Lipinski definition) is 0. The molecule has 0 aromatic heterocycles. The second-order valence-corrected chi connectivity index (χ2v) is 3.31. The quantitative estimate of drug-likeness (QED) is 0.403. The van der Waals surface area contributed by atoms with E-state index in [1.165, 1.54) is 31.3 Å². The Morgan fingerprint density at radius 2 is 1.92 bits per heavy atom. The molecule has 0 fully saturated rings. The number of unbranched alkanes of at least 4 members (excludes halogenated alkanes) is 2. The topological polar surface area (TPSA) is 0 Å². The molecule has 0 heterocycles. The van der Waals surface area contributed by atoms with Gasteiger partial charge in [-0.25, -0.2) is 0 Å². The lowest BCUT2D eigenvalue weighted by molar-refractivity contribution is 0.713. The molecule has 0 N–H and O–H groups in total. The zero-order valence-electron chi connectivity index (χ0n) is 8.77. The highest BCUT2D eigenvalue weighted by Crippen LogP contribution is 2.07. The lowest BCUT2D eigenvalue weighted by atomic mass is 10.1. The third-order valence-corrected chi connectivity index (χ3v) is 1.93. The normalized spacial score (nSPS) is 12.8. The SMILES string of the molecule is CC/C=C/C=C(/C)CCCCC. The van der Waals surface area contributed by atoms with Crippen LogP contribution in [-0.4, -0.2) is 0 Å². The average Bonchev–Trinajstić information content (AvgIpc) is 2.06. The number of rotatable bonds is 6. The van der Waals surface area contributed by atoms with Gasteiger partial charge in [-0.2, -0.15) is 0 Å². The van der Waals surface area contributed by atoms with Gasteiger partial charge in [0.1, 0.15) is 0 Å². The van der Waals surface area contributed by atoms with Crippen LogP contribution in [0.4, 0.5) is 0 Å². The summed E-state index contributed by atoms with van der Waals surface area (Å²) in [6, 6.07) is 0. The molecule has 12 heavy (non-hydrogen) atoms. The summed E-state index contributed by atoms with van der Waals surface area (Å²) in [5, 5.41) is 0. The zero-order valence-corrected chi connectivity index (χ0v) is 8.77. The molecule has 0 atom stereocenters. The first-order valence-corrected chi connectivity index (χ1v) is 5.13. The van der Waals surface area contributed by atoms with Gasteiger partial charge < -0.3 is 0 Å². The molecule has 0 radical (unpaired) electrons. The summed E-state index contributed by atoms with van der Waals surface area (Å²) in [5.41, 5.74) is 1.51. The molecule has 0 spiro atoms. The lowest BCUT2D eigenvalue weighted by Crippen LogP contribution is -1.77. The minimum Gasteiger partial charge on any atom is -0.0848 e. The molecular formula is C12H22. The van der Waals surface area contributed by atoms with Crippen LogP contribution < -0.4 is 0 Å². The minimum absolute atomic E-state index is 1.14. The maximum Gasteiger partial charge on any atom is -0.0320 e. The van der Waals surface area contributed by atoms with Gasteiger partial charge in [0.05, 0.1) is 0 Å². The van der Waals surface area contributed by atoms with Crippen molar-refractivity contribution < 1.29 is 0 Å². The van der Waals surface area contributed by atoms with Crippen LogP contribution in [0.15, 0.2) is 23.8 Å². The first-order chi connectivity index (χ1) is 5.81. The maximum atomic E-state index is 2.25. The van der Waals surface area contributed by atoms with Gasteiger partial charge in [-0.3, -0.25) is 0 Å². The van der Waals surface area contributed by atoms with E-state index in [0.717, 1.165) is 6.42 Å². The summed E-state index contributed by atoms with van der Waals surface area (Å²) >= 11 is 0. The Labute approximate surface area is 77.4 Å². The fourth-order valence-electron chi connectivity index (χ4n) is 1.11. The van der Waals surface area contributed by atoms with Crippen LogP contribution in [0.3, 0.4) is 0 Å². The van der Waals surface area contributed by atoms with Gasteiger partial charge in [-0.15, -0.1) is 0 Å². The molecule has 0 aromatic carbocycles. The van der Waals surface area contributed by atoms with E-state index in [4.69, 9.17) is 0 Å². The zero-order chi connectivity index (χ0) is 9.23. The molecule has 0 nitrogen and oxygen atoms in total. The van der Waals surface area contributed by atoms with Crippen molar-refractivity contribution >= 4 is 0 Å². The molecule has 70 valence electrons. The highest BCUT2D eigenvalue weighted by molar-refractivity contribution is 5.10. The second kappa shape index (κ2) is 8.58. The van der Waals surface area contributed by atoms with E-state index in [-0.39, 0.29) is 0 Å². The van der Waals surface area contributed by atoms with Crippen LogP contribution in [0.1, 0.15) is 52.9 Å². The Morgan fingerprint density at radius 1 is 1.17 bits per heavy atom. The van der Waals surface area contributed by atoms with Gasteiger partial charge >= 0.3 is 0 Å². The molecule has 0 amide bonds. The molecule has 0 bridgehead atoms. The monoisotopic (exact) mass is 166 g/mol. The van der Waals surface area contributed by atoms with E-state index >= 15 is 0 Å². The van der Waals surface area contributed by atoms with E-state index in [9.17, 15) is 0 Å². The van der Waals surface area contributed by atoms with Crippen molar-refractivity contribution in [2.45, 2.75) is 52.9 Å². The molecule has 0 saturated heterocycles. The van der Waals surface area contributed by atoms with Gasteiger partial charge in [0.25, 0.3) is 0 Å². The van der Waals surface area contributed by atoms with Crippen molar-refractivity contribution in [1.29, 1.82) is 0 Å². The molecule has 0 unspecified atom stereocenters. The number of allylic oxidation sites excluding steroid dienone is 4. The average molecular weight is 166 g/mol. The van der Waals surface area contributed by atoms with E-state index < -0.39 is 0 Å². The highest BCUT2D eigenvalue weighted by Gasteiger charge is 1.87. The Balaban J connectivity index is 3.48. The molecular weight excluding hydrogens is 144 g/mol. The molecule has 0 aliphatic carbocycles. The Morgan fingerprint density at radius 3 is 2.50 bits per heavy atom. The van der Waals surface area contributed by atoms with Crippen LogP contribution in [0.25, 0.3) is 0 Å². The predicted molar refractivity (Wildman–Crippen MR) is 57.3 cm³/mol. The van der Waals surface area contributed by atoms with Crippen molar-refractivity contribution in [2.75, 3.05) is 0 Å². The maximum absolute atomic E-state index is 2.25. The van der Waals surface area contributed by atoms with Gasteiger partial charge in [-0.05, 0) is 26.2 Å². The minimum atomic E-state index is 1.14. The summed E-state index contributed by atoms with van der Waals surface area (Å²) in [4.78, 5) is 0. The van der Waals surface area contributed by atoms with Crippen LogP contribution in [-0.2, 0) is 0 Å². The highest BCUT2D eigenvalue weighted by atomic mass is 13.9. The van der Waals surface area contributed by atoms with Crippen LogP contribution >= 0.6 is 0 Å². The lowest BCUT2D eigenvalue weighted by Gasteiger charge is -1.97.